The average molecular weight is 222 g/mol. The summed E-state index contributed by atoms with van der Waals surface area (Å²) in [6, 6.07) is 4.57. The molecule has 2 heterocycles. The Morgan fingerprint density at radius 1 is 1.56 bits per heavy atom. The Labute approximate surface area is 97.8 Å². The quantitative estimate of drug-likeness (QED) is 0.846. The van der Waals surface area contributed by atoms with E-state index in [4.69, 9.17) is 4.42 Å². The van der Waals surface area contributed by atoms with Crippen molar-refractivity contribution < 1.29 is 4.42 Å². The zero-order valence-corrected chi connectivity index (χ0v) is 10.5. The summed E-state index contributed by atoms with van der Waals surface area (Å²) < 4.78 is 5.40. The highest BCUT2D eigenvalue weighted by atomic mass is 16.3. The van der Waals surface area contributed by atoms with Gasteiger partial charge in [0.05, 0.1) is 6.26 Å². The van der Waals surface area contributed by atoms with Crippen molar-refractivity contribution >= 4 is 0 Å². The molecule has 1 unspecified atom stereocenters. The monoisotopic (exact) mass is 222 g/mol. The Bertz CT molecular complexity index is 319. The zero-order chi connectivity index (χ0) is 11.6. The molecule has 2 rings (SSSR count). The lowest BCUT2D eigenvalue weighted by molar-refractivity contribution is 0.113. The first kappa shape index (κ1) is 11.7. The van der Waals surface area contributed by atoms with Gasteiger partial charge in [0, 0.05) is 37.6 Å². The Kier molecular flexibility index (Phi) is 3.36. The van der Waals surface area contributed by atoms with E-state index in [9.17, 15) is 0 Å². The lowest BCUT2D eigenvalue weighted by Crippen LogP contribution is -2.59. The maximum Gasteiger partial charge on any atom is 0.105 e. The molecule has 3 heteroatoms. The second kappa shape index (κ2) is 4.60. The molecule has 3 nitrogen and oxygen atoms in total. The van der Waals surface area contributed by atoms with E-state index in [0.717, 1.165) is 31.8 Å². The van der Waals surface area contributed by atoms with Crippen molar-refractivity contribution in [3.05, 3.63) is 24.2 Å². The van der Waals surface area contributed by atoms with Crippen LogP contribution in [-0.4, -0.2) is 36.1 Å². The average Bonchev–Trinajstić information content (AvgIpc) is 2.69. The number of hydrogen-bond acceptors (Lipinski definition) is 3. The summed E-state index contributed by atoms with van der Waals surface area (Å²) in [5.41, 5.74) is 0.232. The molecule has 1 atom stereocenters. The van der Waals surface area contributed by atoms with Gasteiger partial charge in [-0.2, -0.15) is 0 Å². The number of hydrogen-bond donors (Lipinski definition) is 1. The van der Waals surface area contributed by atoms with Gasteiger partial charge in [-0.1, -0.05) is 0 Å². The molecule has 1 N–H and O–H groups in total. The van der Waals surface area contributed by atoms with E-state index in [1.54, 1.807) is 6.26 Å². The Morgan fingerprint density at radius 3 is 3.00 bits per heavy atom. The van der Waals surface area contributed by atoms with E-state index in [1.165, 1.54) is 0 Å². The lowest BCUT2D eigenvalue weighted by Gasteiger charge is -2.42. The molecule has 1 aromatic rings. The summed E-state index contributed by atoms with van der Waals surface area (Å²) in [5.74, 6) is 1.09. The molecular weight excluding hydrogens is 200 g/mol. The molecule has 0 aliphatic carbocycles. The highest BCUT2D eigenvalue weighted by molar-refractivity contribution is 5.01. The predicted octanol–water partition coefficient (Wildman–Crippen LogP) is 1.89. The third-order valence-electron chi connectivity index (χ3n) is 3.30. The minimum atomic E-state index is 0.232. The molecule has 0 bridgehead atoms. The first-order valence-electron chi connectivity index (χ1n) is 6.08. The second-order valence-corrected chi connectivity index (χ2v) is 5.41. The largest absolute Gasteiger partial charge is 0.469 e. The number of nitrogens with one attached hydrogen (secondary N) is 1. The minimum Gasteiger partial charge on any atom is -0.469 e. The van der Waals surface area contributed by atoms with Crippen LogP contribution in [0, 0.1) is 0 Å². The number of rotatable bonds is 3. The maximum absolute atomic E-state index is 5.40. The van der Waals surface area contributed by atoms with E-state index >= 15 is 0 Å². The van der Waals surface area contributed by atoms with Crippen molar-refractivity contribution in [1.29, 1.82) is 0 Å². The molecule has 1 saturated heterocycles. The third kappa shape index (κ3) is 2.86. The first-order valence-corrected chi connectivity index (χ1v) is 6.08. The fourth-order valence-corrected chi connectivity index (χ4v) is 2.41. The molecule has 1 fully saturated rings. The van der Waals surface area contributed by atoms with Crippen molar-refractivity contribution in [2.45, 2.75) is 38.8 Å². The molecule has 0 aromatic carbocycles. The Hall–Kier alpha value is -0.800. The molecule has 1 aromatic heterocycles. The van der Waals surface area contributed by atoms with Gasteiger partial charge in [-0.3, -0.25) is 4.90 Å². The van der Waals surface area contributed by atoms with Gasteiger partial charge in [-0.15, -0.1) is 0 Å². The van der Waals surface area contributed by atoms with Gasteiger partial charge in [0.15, 0.2) is 0 Å². The maximum atomic E-state index is 5.40. The van der Waals surface area contributed by atoms with Crippen LogP contribution in [0.2, 0.25) is 0 Å². The van der Waals surface area contributed by atoms with Gasteiger partial charge >= 0.3 is 0 Å². The SMILES string of the molecule is CC(Cc1ccco1)N1CCNC(C)(C)C1. The van der Waals surface area contributed by atoms with Crippen LogP contribution in [0.4, 0.5) is 0 Å². The summed E-state index contributed by atoms with van der Waals surface area (Å²) in [6.07, 6.45) is 2.76. The van der Waals surface area contributed by atoms with Crippen LogP contribution in [0.25, 0.3) is 0 Å². The first-order chi connectivity index (χ1) is 7.57. The molecule has 0 saturated carbocycles. The van der Waals surface area contributed by atoms with Gasteiger partial charge in [-0.05, 0) is 32.9 Å². The van der Waals surface area contributed by atoms with Crippen LogP contribution in [0.5, 0.6) is 0 Å². The van der Waals surface area contributed by atoms with E-state index in [-0.39, 0.29) is 5.54 Å². The summed E-state index contributed by atoms with van der Waals surface area (Å²) in [4.78, 5) is 2.54. The van der Waals surface area contributed by atoms with Crippen LogP contribution < -0.4 is 5.32 Å². The molecular formula is C13H22N2O. The number of nitrogens with zero attached hydrogens (tertiary/aromatic N) is 1. The zero-order valence-electron chi connectivity index (χ0n) is 10.5. The molecule has 0 spiro atoms. The molecule has 1 aliphatic heterocycles. The fraction of sp³-hybridized carbons (Fsp3) is 0.692. The summed E-state index contributed by atoms with van der Waals surface area (Å²) in [7, 11) is 0. The highest BCUT2D eigenvalue weighted by Crippen LogP contribution is 2.15. The van der Waals surface area contributed by atoms with Crippen molar-refractivity contribution in [1.82, 2.24) is 10.2 Å². The fourth-order valence-electron chi connectivity index (χ4n) is 2.41. The van der Waals surface area contributed by atoms with E-state index < -0.39 is 0 Å². The van der Waals surface area contributed by atoms with E-state index in [1.807, 2.05) is 6.07 Å². The molecule has 1 aliphatic rings. The van der Waals surface area contributed by atoms with E-state index in [2.05, 4.69) is 37.1 Å². The predicted molar refractivity (Wildman–Crippen MR) is 65.5 cm³/mol. The minimum absolute atomic E-state index is 0.232. The number of piperazine rings is 1. The van der Waals surface area contributed by atoms with Crippen LogP contribution in [-0.2, 0) is 6.42 Å². The van der Waals surface area contributed by atoms with E-state index in [0.29, 0.717) is 6.04 Å². The normalized spacial score (nSPS) is 23.2. The number of furan rings is 1. The second-order valence-electron chi connectivity index (χ2n) is 5.41. The van der Waals surface area contributed by atoms with Gasteiger partial charge in [0.2, 0.25) is 0 Å². The Morgan fingerprint density at radius 2 is 2.38 bits per heavy atom. The van der Waals surface area contributed by atoms with Gasteiger partial charge < -0.3 is 9.73 Å². The summed E-state index contributed by atoms with van der Waals surface area (Å²) >= 11 is 0. The van der Waals surface area contributed by atoms with Crippen LogP contribution in [0.1, 0.15) is 26.5 Å². The molecule has 90 valence electrons. The van der Waals surface area contributed by atoms with Crippen molar-refractivity contribution in [3.63, 3.8) is 0 Å². The van der Waals surface area contributed by atoms with Crippen LogP contribution in [0.15, 0.2) is 22.8 Å². The standard InChI is InChI=1S/C13H22N2O/c1-11(9-12-5-4-8-16-12)15-7-6-14-13(2,3)10-15/h4-5,8,11,14H,6-7,9-10H2,1-3H3. The lowest BCUT2D eigenvalue weighted by atomic mass is 10.00. The molecule has 0 amide bonds. The van der Waals surface area contributed by atoms with Crippen LogP contribution in [0.3, 0.4) is 0 Å². The summed E-state index contributed by atoms with van der Waals surface area (Å²) in [6.45, 7) is 10.1. The van der Waals surface area contributed by atoms with Crippen molar-refractivity contribution in [2.24, 2.45) is 0 Å². The Balaban J connectivity index is 1.91. The topological polar surface area (TPSA) is 28.4 Å². The van der Waals surface area contributed by atoms with Crippen molar-refractivity contribution in [3.8, 4) is 0 Å². The molecule has 16 heavy (non-hydrogen) atoms. The molecule has 0 radical (unpaired) electrons. The van der Waals surface area contributed by atoms with Gasteiger partial charge in [0.25, 0.3) is 0 Å². The smallest absolute Gasteiger partial charge is 0.105 e. The van der Waals surface area contributed by atoms with Gasteiger partial charge in [0.1, 0.15) is 5.76 Å². The summed E-state index contributed by atoms with van der Waals surface area (Å²) in [5, 5.41) is 3.54. The highest BCUT2D eigenvalue weighted by Gasteiger charge is 2.28. The van der Waals surface area contributed by atoms with Gasteiger partial charge in [-0.25, -0.2) is 0 Å². The van der Waals surface area contributed by atoms with Crippen LogP contribution >= 0.6 is 0 Å². The van der Waals surface area contributed by atoms with Crippen molar-refractivity contribution in [2.75, 3.05) is 19.6 Å². The third-order valence-corrected chi connectivity index (χ3v) is 3.30.